The Hall–Kier alpha value is -3.00. The summed E-state index contributed by atoms with van der Waals surface area (Å²) in [6.07, 6.45) is 0.279. The van der Waals surface area contributed by atoms with Gasteiger partial charge in [-0.3, -0.25) is 14.7 Å². The lowest BCUT2D eigenvalue weighted by Gasteiger charge is -2.43. The van der Waals surface area contributed by atoms with Gasteiger partial charge in [0.15, 0.2) is 0 Å². The van der Waals surface area contributed by atoms with Gasteiger partial charge in [0.05, 0.1) is 30.3 Å². The van der Waals surface area contributed by atoms with E-state index in [-0.39, 0.29) is 36.4 Å². The van der Waals surface area contributed by atoms with Crippen LogP contribution in [0.2, 0.25) is 0 Å². The monoisotopic (exact) mass is 427 g/mol. The van der Waals surface area contributed by atoms with E-state index in [2.05, 4.69) is 5.32 Å². The number of amides is 2. The molecule has 0 radical (unpaired) electrons. The zero-order valence-corrected chi connectivity index (χ0v) is 17.8. The Kier molecular flexibility index (Phi) is 5.21. The van der Waals surface area contributed by atoms with Gasteiger partial charge in [-0.15, -0.1) is 0 Å². The number of carbonyl (C=O) groups is 2. The molecule has 1 atom stereocenters. The molecule has 1 fully saturated rings. The Morgan fingerprint density at radius 2 is 1.87 bits per heavy atom. The van der Waals surface area contributed by atoms with Crippen molar-refractivity contribution in [2.45, 2.75) is 45.1 Å². The van der Waals surface area contributed by atoms with Gasteiger partial charge in [-0.05, 0) is 54.7 Å². The highest BCUT2D eigenvalue weighted by molar-refractivity contribution is 6.00. The van der Waals surface area contributed by atoms with Crippen LogP contribution in [-0.4, -0.2) is 41.3 Å². The van der Waals surface area contributed by atoms with Crippen LogP contribution in [-0.2, 0) is 21.4 Å². The normalized spacial score (nSPS) is 19.9. The van der Waals surface area contributed by atoms with Crippen molar-refractivity contribution >= 4 is 23.4 Å². The minimum absolute atomic E-state index is 0.159. The van der Waals surface area contributed by atoms with E-state index in [4.69, 9.17) is 9.72 Å². The fourth-order valence-electron chi connectivity index (χ4n) is 4.28. The molecule has 8 heteroatoms. The number of anilines is 2. The molecule has 2 amide bonds. The van der Waals surface area contributed by atoms with E-state index in [1.807, 2.05) is 20.8 Å². The number of aromatic nitrogens is 1. The second kappa shape index (κ2) is 7.60. The third-order valence-corrected chi connectivity index (χ3v) is 6.11. The summed E-state index contributed by atoms with van der Waals surface area (Å²) < 4.78 is 18.5. The zero-order chi connectivity index (χ0) is 22.4. The maximum absolute atomic E-state index is 13.2. The summed E-state index contributed by atoms with van der Waals surface area (Å²) in [4.78, 5) is 31.3. The van der Waals surface area contributed by atoms with Crippen LogP contribution in [0.25, 0.3) is 0 Å². The van der Waals surface area contributed by atoms with E-state index < -0.39 is 11.5 Å². The molecule has 3 heterocycles. The summed E-state index contributed by atoms with van der Waals surface area (Å²) >= 11 is 0. The number of fused-ring (bicyclic) bond motifs is 1. The van der Waals surface area contributed by atoms with E-state index in [1.54, 1.807) is 12.1 Å². The molecule has 0 saturated carbocycles. The van der Waals surface area contributed by atoms with E-state index in [1.165, 1.54) is 29.2 Å². The number of carbonyl (C=O) groups excluding carboxylic acids is 1. The summed E-state index contributed by atoms with van der Waals surface area (Å²) in [5, 5.41) is 12.7. The smallest absolute Gasteiger partial charge is 0.412 e. The number of aryl methyl sites for hydroxylation is 1. The third kappa shape index (κ3) is 3.76. The van der Waals surface area contributed by atoms with Crippen LogP contribution in [0.3, 0.4) is 0 Å². The molecule has 2 aromatic rings. The van der Waals surface area contributed by atoms with Gasteiger partial charge >= 0.3 is 6.09 Å². The fourth-order valence-corrected chi connectivity index (χ4v) is 4.28. The van der Waals surface area contributed by atoms with Crippen molar-refractivity contribution in [2.75, 3.05) is 23.4 Å². The predicted octanol–water partition coefficient (Wildman–Crippen LogP) is 3.97. The number of halogens is 1. The van der Waals surface area contributed by atoms with Crippen molar-refractivity contribution in [2.24, 2.45) is 5.41 Å². The Morgan fingerprint density at radius 3 is 2.42 bits per heavy atom. The molecule has 2 N–H and O–H groups in total. The minimum Gasteiger partial charge on any atom is -0.465 e. The topological polar surface area (TPSA) is 91.8 Å². The van der Waals surface area contributed by atoms with Crippen molar-refractivity contribution < 1.29 is 23.8 Å². The minimum atomic E-state index is -1.01. The average Bonchev–Trinajstić information content (AvgIpc) is 2.67. The van der Waals surface area contributed by atoms with Crippen LogP contribution in [0.1, 0.15) is 38.6 Å². The Bertz CT molecular complexity index is 1010. The van der Waals surface area contributed by atoms with Crippen molar-refractivity contribution in [3.05, 3.63) is 53.6 Å². The molecule has 0 aliphatic carbocycles. The number of rotatable bonds is 3. The molecule has 0 spiro atoms. The first-order chi connectivity index (χ1) is 14.6. The van der Waals surface area contributed by atoms with Crippen molar-refractivity contribution in [1.29, 1.82) is 0 Å². The van der Waals surface area contributed by atoms with Crippen LogP contribution in [0, 0.1) is 11.2 Å². The summed E-state index contributed by atoms with van der Waals surface area (Å²) in [6, 6.07) is 8.86. The molecular formula is C23H26FN3O4. The molecule has 7 nitrogen and oxygen atoms in total. The van der Waals surface area contributed by atoms with Gasteiger partial charge in [0, 0.05) is 11.7 Å². The molecule has 31 heavy (non-hydrogen) atoms. The second-order valence-corrected chi connectivity index (χ2v) is 9.27. The largest absolute Gasteiger partial charge is 0.465 e. The number of hydrogen-bond acceptors (Lipinski definition) is 4. The number of ether oxygens (including phenoxy) is 1. The molecule has 2 aliphatic rings. The third-order valence-electron chi connectivity index (χ3n) is 6.11. The highest BCUT2D eigenvalue weighted by Gasteiger charge is 2.49. The van der Waals surface area contributed by atoms with Crippen molar-refractivity contribution in [1.82, 2.24) is 4.98 Å². The SMILES string of the molecule is CC(C)(C)C1CCc2nc(C3(C(=O)Nc4ccc(F)cc4)COC3)ccc2N1C(=O)O. The van der Waals surface area contributed by atoms with Crippen molar-refractivity contribution in [3.8, 4) is 0 Å². The molecule has 1 saturated heterocycles. The molecule has 1 aromatic heterocycles. The van der Waals surface area contributed by atoms with Gasteiger partial charge < -0.3 is 15.2 Å². The predicted molar refractivity (Wildman–Crippen MR) is 114 cm³/mol. The molecule has 4 rings (SSSR count). The summed E-state index contributed by atoms with van der Waals surface area (Å²) in [6.45, 7) is 6.45. The Labute approximate surface area is 180 Å². The lowest BCUT2D eigenvalue weighted by Crippen LogP contribution is -2.56. The van der Waals surface area contributed by atoms with E-state index in [9.17, 15) is 19.1 Å². The van der Waals surface area contributed by atoms with Crippen LogP contribution in [0.15, 0.2) is 36.4 Å². The summed E-state index contributed by atoms with van der Waals surface area (Å²) in [5.41, 5.74) is 1.10. The maximum Gasteiger partial charge on any atom is 0.412 e. The zero-order valence-electron chi connectivity index (χ0n) is 17.8. The molecule has 2 aliphatic heterocycles. The van der Waals surface area contributed by atoms with Crippen LogP contribution in [0.4, 0.5) is 20.6 Å². The molecular weight excluding hydrogens is 401 g/mol. The van der Waals surface area contributed by atoms with Crippen molar-refractivity contribution in [3.63, 3.8) is 0 Å². The van der Waals surface area contributed by atoms with E-state index in [0.717, 1.165) is 0 Å². The van der Waals surface area contributed by atoms with Gasteiger partial charge in [0.2, 0.25) is 5.91 Å². The summed E-state index contributed by atoms with van der Waals surface area (Å²) in [5.74, 6) is -0.663. The molecule has 1 aromatic carbocycles. The van der Waals surface area contributed by atoms with Crippen LogP contribution in [0.5, 0.6) is 0 Å². The number of nitrogens with zero attached hydrogens (tertiary/aromatic N) is 2. The number of carboxylic acid groups (broad SMARTS) is 1. The number of pyridine rings is 1. The Balaban J connectivity index is 1.65. The first kappa shape index (κ1) is 21.2. The fraction of sp³-hybridized carbons (Fsp3) is 0.435. The van der Waals surface area contributed by atoms with Gasteiger partial charge in [0.25, 0.3) is 0 Å². The van der Waals surface area contributed by atoms with Gasteiger partial charge in [-0.25, -0.2) is 9.18 Å². The highest BCUT2D eigenvalue weighted by atomic mass is 19.1. The van der Waals surface area contributed by atoms with E-state index >= 15 is 0 Å². The standard InChI is InChI=1S/C23H26FN3O4/c1-22(2,3)19-11-8-16-17(27(19)21(29)30)9-10-18(26-16)23(12-31-13-23)20(28)25-15-6-4-14(24)5-7-15/h4-7,9-10,19H,8,11-13H2,1-3H3,(H,25,28)(H,29,30). The van der Waals surface area contributed by atoms with E-state index in [0.29, 0.717) is 35.6 Å². The van der Waals surface area contributed by atoms with Crippen LogP contribution >= 0.6 is 0 Å². The first-order valence-corrected chi connectivity index (χ1v) is 10.3. The second-order valence-electron chi connectivity index (χ2n) is 9.27. The molecule has 1 unspecified atom stereocenters. The first-order valence-electron chi connectivity index (χ1n) is 10.3. The van der Waals surface area contributed by atoms with Gasteiger partial charge in [0.1, 0.15) is 11.2 Å². The van der Waals surface area contributed by atoms with Gasteiger partial charge in [-0.1, -0.05) is 20.8 Å². The Morgan fingerprint density at radius 1 is 1.19 bits per heavy atom. The highest BCUT2D eigenvalue weighted by Crippen LogP contribution is 2.40. The summed E-state index contributed by atoms with van der Waals surface area (Å²) in [7, 11) is 0. The number of nitrogens with one attached hydrogen (secondary N) is 1. The lowest BCUT2D eigenvalue weighted by atomic mass is 9.78. The maximum atomic E-state index is 13.2. The molecule has 164 valence electrons. The number of benzene rings is 1. The average molecular weight is 427 g/mol. The van der Waals surface area contributed by atoms with Crippen LogP contribution < -0.4 is 10.2 Å². The van der Waals surface area contributed by atoms with Gasteiger partial charge in [-0.2, -0.15) is 0 Å². The number of hydrogen-bond donors (Lipinski definition) is 2. The quantitative estimate of drug-likeness (QED) is 0.773. The lowest BCUT2D eigenvalue weighted by molar-refractivity contribution is -0.140. The molecule has 0 bridgehead atoms.